The van der Waals surface area contributed by atoms with Crippen molar-refractivity contribution in [3.05, 3.63) is 36.0 Å². The maximum Gasteiger partial charge on any atom is 0.317 e. The fraction of sp³-hybridized carbons (Fsp3) is 0.389. The molecule has 1 aliphatic rings. The Morgan fingerprint density at radius 2 is 2.04 bits per heavy atom. The van der Waals surface area contributed by atoms with Crippen LogP contribution in [-0.4, -0.2) is 52.7 Å². The molecule has 1 fully saturated rings. The number of benzene rings is 1. The lowest BCUT2D eigenvalue weighted by Gasteiger charge is -2.45. The van der Waals surface area contributed by atoms with Crippen LogP contribution in [0.4, 0.5) is 5.69 Å². The maximum atomic E-state index is 11.1. The number of anilines is 1. The molecule has 0 unspecified atom stereocenters. The quantitative estimate of drug-likeness (QED) is 0.931. The van der Waals surface area contributed by atoms with E-state index >= 15 is 0 Å². The number of carbonyl (C=O) groups is 1. The van der Waals surface area contributed by atoms with Crippen molar-refractivity contribution < 1.29 is 9.90 Å². The van der Waals surface area contributed by atoms with Gasteiger partial charge in [0.25, 0.3) is 0 Å². The molecular formula is C18H20N4O2. The molecule has 0 aliphatic carbocycles. The van der Waals surface area contributed by atoms with Crippen molar-refractivity contribution in [2.75, 3.05) is 24.5 Å². The van der Waals surface area contributed by atoms with Crippen LogP contribution in [-0.2, 0) is 4.79 Å². The van der Waals surface area contributed by atoms with Gasteiger partial charge in [-0.25, -0.2) is 0 Å². The second-order valence-electron chi connectivity index (χ2n) is 6.31. The highest BCUT2D eigenvalue weighted by atomic mass is 16.4. The Morgan fingerprint density at radius 3 is 2.67 bits per heavy atom. The Labute approximate surface area is 140 Å². The Kier molecular flexibility index (Phi) is 4.36. The van der Waals surface area contributed by atoms with Gasteiger partial charge in [0.05, 0.1) is 17.6 Å². The van der Waals surface area contributed by atoms with Crippen molar-refractivity contribution >= 4 is 22.6 Å². The molecule has 0 amide bonds. The summed E-state index contributed by atoms with van der Waals surface area (Å²) < 4.78 is 0. The number of carboxylic acids is 1. The van der Waals surface area contributed by atoms with Crippen LogP contribution in [0.1, 0.15) is 19.4 Å². The molecule has 1 aromatic carbocycles. The smallest absolute Gasteiger partial charge is 0.317 e. The number of hydrogen-bond donors (Lipinski definition) is 1. The molecule has 0 radical (unpaired) electrons. The SMILES string of the molecule is C[C@@H]1CN(c2ccc(C#N)c3ncccc23)C[C@H](C)N1CC(=O)O. The summed E-state index contributed by atoms with van der Waals surface area (Å²) >= 11 is 0. The average Bonchev–Trinajstić information content (AvgIpc) is 2.56. The number of nitriles is 1. The standard InChI is InChI=1S/C18H20N4O2/c1-12-9-21(10-13(2)22(12)11-17(23)24)16-6-5-14(8-19)18-15(16)4-3-7-20-18/h3-7,12-13H,9-11H2,1-2H3,(H,23,24)/t12-,13+. The van der Waals surface area contributed by atoms with Gasteiger partial charge in [0.15, 0.2) is 0 Å². The van der Waals surface area contributed by atoms with E-state index in [-0.39, 0.29) is 18.6 Å². The van der Waals surface area contributed by atoms with Crippen molar-refractivity contribution in [1.29, 1.82) is 5.26 Å². The number of carboxylic acid groups (broad SMARTS) is 1. The number of aliphatic carboxylic acids is 1. The van der Waals surface area contributed by atoms with Gasteiger partial charge in [-0.05, 0) is 38.1 Å². The lowest BCUT2D eigenvalue weighted by atomic mass is 10.0. The Hall–Kier alpha value is -2.65. The molecule has 0 saturated carbocycles. The Morgan fingerprint density at radius 1 is 1.33 bits per heavy atom. The van der Waals surface area contributed by atoms with E-state index < -0.39 is 5.97 Å². The first-order valence-electron chi connectivity index (χ1n) is 8.01. The summed E-state index contributed by atoms with van der Waals surface area (Å²) in [5, 5.41) is 19.3. The molecule has 24 heavy (non-hydrogen) atoms. The third-order valence-electron chi connectivity index (χ3n) is 4.63. The predicted molar refractivity (Wildman–Crippen MR) is 91.9 cm³/mol. The molecule has 1 N–H and O–H groups in total. The van der Waals surface area contributed by atoms with Gasteiger partial charge in [0.2, 0.25) is 0 Å². The summed E-state index contributed by atoms with van der Waals surface area (Å²) in [6.07, 6.45) is 1.70. The Balaban J connectivity index is 1.95. The fourth-order valence-corrected chi connectivity index (χ4v) is 3.54. The summed E-state index contributed by atoms with van der Waals surface area (Å²) in [4.78, 5) is 19.7. The zero-order valence-corrected chi connectivity index (χ0v) is 13.8. The summed E-state index contributed by atoms with van der Waals surface area (Å²) in [6, 6.07) is 10.1. The van der Waals surface area contributed by atoms with Crippen LogP contribution in [0.15, 0.2) is 30.5 Å². The van der Waals surface area contributed by atoms with Gasteiger partial charge in [-0.2, -0.15) is 5.26 Å². The van der Waals surface area contributed by atoms with Gasteiger partial charge in [0, 0.05) is 42.4 Å². The maximum absolute atomic E-state index is 11.1. The molecule has 124 valence electrons. The van der Waals surface area contributed by atoms with Crippen LogP contribution in [0.25, 0.3) is 10.9 Å². The van der Waals surface area contributed by atoms with Crippen molar-refractivity contribution in [2.45, 2.75) is 25.9 Å². The van der Waals surface area contributed by atoms with Gasteiger partial charge in [0.1, 0.15) is 6.07 Å². The second kappa shape index (κ2) is 6.46. The fourth-order valence-electron chi connectivity index (χ4n) is 3.54. The van der Waals surface area contributed by atoms with Crippen LogP contribution >= 0.6 is 0 Å². The first kappa shape index (κ1) is 16.2. The topological polar surface area (TPSA) is 80.5 Å². The minimum absolute atomic E-state index is 0.0614. The number of piperazine rings is 1. The van der Waals surface area contributed by atoms with Gasteiger partial charge in [-0.1, -0.05) is 0 Å². The summed E-state index contributed by atoms with van der Waals surface area (Å²) in [5.74, 6) is -0.796. The molecule has 0 bridgehead atoms. The zero-order chi connectivity index (χ0) is 17.3. The molecule has 2 heterocycles. The summed E-state index contributed by atoms with van der Waals surface area (Å²) in [7, 11) is 0. The van der Waals surface area contributed by atoms with E-state index in [4.69, 9.17) is 5.11 Å². The van der Waals surface area contributed by atoms with Crippen molar-refractivity contribution in [2.24, 2.45) is 0 Å². The lowest BCUT2D eigenvalue weighted by Crippen LogP contribution is -2.58. The Bertz CT molecular complexity index is 802. The van der Waals surface area contributed by atoms with E-state index in [1.54, 1.807) is 6.20 Å². The van der Waals surface area contributed by atoms with E-state index in [0.29, 0.717) is 11.1 Å². The van der Waals surface area contributed by atoms with Crippen LogP contribution in [0.2, 0.25) is 0 Å². The molecule has 3 rings (SSSR count). The molecule has 6 heteroatoms. The van der Waals surface area contributed by atoms with Crippen LogP contribution in [0, 0.1) is 11.3 Å². The number of rotatable bonds is 3. The van der Waals surface area contributed by atoms with Crippen molar-refractivity contribution in [3.63, 3.8) is 0 Å². The highest BCUT2D eigenvalue weighted by molar-refractivity contribution is 5.95. The van der Waals surface area contributed by atoms with Gasteiger partial charge in [-0.15, -0.1) is 0 Å². The number of hydrogen-bond acceptors (Lipinski definition) is 5. The largest absolute Gasteiger partial charge is 0.480 e. The molecule has 2 aromatic rings. The molecule has 6 nitrogen and oxygen atoms in total. The minimum atomic E-state index is -0.796. The minimum Gasteiger partial charge on any atom is -0.480 e. The molecule has 2 atom stereocenters. The van der Waals surface area contributed by atoms with Crippen molar-refractivity contribution in [1.82, 2.24) is 9.88 Å². The van der Waals surface area contributed by atoms with Gasteiger partial charge < -0.3 is 10.0 Å². The first-order valence-corrected chi connectivity index (χ1v) is 8.01. The van der Waals surface area contributed by atoms with Crippen LogP contribution in [0.5, 0.6) is 0 Å². The van der Waals surface area contributed by atoms with E-state index in [1.165, 1.54) is 0 Å². The number of pyridine rings is 1. The lowest BCUT2D eigenvalue weighted by molar-refractivity contribution is -0.139. The van der Waals surface area contributed by atoms with E-state index in [2.05, 4.69) is 29.8 Å². The number of aromatic nitrogens is 1. The van der Waals surface area contributed by atoms with Crippen molar-refractivity contribution in [3.8, 4) is 6.07 Å². The first-order chi connectivity index (χ1) is 11.5. The predicted octanol–water partition coefficient (Wildman–Crippen LogP) is 2.09. The third-order valence-corrected chi connectivity index (χ3v) is 4.63. The summed E-state index contributed by atoms with van der Waals surface area (Å²) in [6.45, 7) is 5.65. The second-order valence-corrected chi connectivity index (χ2v) is 6.31. The average molecular weight is 324 g/mol. The molecule has 1 aliphatic heterocycles. The molecule has 0 spiro atoms. The van der Waals surface area contributed by atoms with E-state index in [0.717, 1.165) is 24.2 Å². The summed E-state index contributed by atoms with van der Waals surface area (Å²) in [5.41, 5.74) is 2.33. The van der Waals surface area contributed by atoms with E-state index in [9.17, 15) is 10.1 Å². The van der Waals surface area contributed by atoms with Crippen LogP contribution < -0.4 is 4.90 Å². The monoisotopic (exact) mass is 324 g/mol. The normalized spacial score (nSPS) is 21.6. The highest BCUT2D eigenvalue weighted by Crippen LogP contribution is 2.30. The third kappa shape index (κ3) is 2.91. The van der Waals surface area contributed by atoms with Crippen LogP contribution in [0.3, 0.4) is 0 Å². The number of fused-ring (bicyclic) bond motifs is 1. The molecule has 1 saturated heterocycles. The molecule has 1 aromatic heterocycles. The number of nitrogens with zero attached hydrogens (tertiary/aromatic N) is 4. The zero-order valence-electron chi connectivity index (χ0n) is 13.8. The molecular weight excluding hydrogens is 304 g/mol. The highest BCUT2D eigenvalue weighted by Gasteiger charge is 2.31. The van der Waals surface area contributed by atoms with Gasteiger partial charge in [-0.3, -0.25) is 14.7 Å². The van der Waals surface area contributed by atoms with Gasteiger partial charge >= 0.3 is 5.97 Å². The van der Waals surface area contributed by atoms with E-state index in [1.807, 2.05) is 29.2 Å².